The van der Waals surface area contributed by atoms with Gasteiger partial charge in [0.1, 0.15) is 0 Å². The molecular formula is C17H14O4. The van der Waals surface area contributed by atoms with Gasteiger partial charge in [0, 0.05) is 6.08 Å². The van der Waals surface area contributed by atoms with E-state index in [0.29, 0.717) is 6.42 Å². The van der Waals surface area contributed by atoms with Crippen LogP contribution in [0.15, 0.2) is 48.5 Å². The van der Waals surface area contributed by atoms with Crippen LogP contribution in [0.4, 0.5) is 0 Å². The lowest BCUT2D eigenvalue weighted by molar-refractivity contribution is -0.131. The van der Waals surface area contributed by atoms with Crippen LogP contribution in [-0.4, -0.2) is 17.9 Å². The Bertz CT molecular complexity index is 704. The predicted molar refractivity (Wildman–Crippen MR) is 78.5 cm³/mol. The summed E-state index contributed by atoms with van der Waals surface area (Å²) in [5.74, 6) is 0.566. The van der Waals surface area contributed by atoms with Gasteiger partial charge < -0.3 is 14.6 Å². The quantitative estimate of drug-likeness (QED) is 0.875. The van der Waals surface area contributed by atoms with Gasteiger partial charge in [0.15, 0.2) is 11.5 Å². The Hall–Kier alpha value is -2.75. The Labute approximate surface area is 122 Å². The van der Waals surface area contributed by atoms with Crippen LogP contribution in [-0.2, 0) is 11.2 Å². The molecule has 0 saturated carbocycles. The molecule has 3 rings (SSSR count). The van der Waals surface area contributed by atoms with Crippen molar-refractivity contribution in [2.75, 3.05) is 6.79 Å². The number of carboxylic acids is 1. The molecule has 1 aliphatic heterocycles. The van der Waals surface area contributed by atoms with Gasteiger partial charge in [-0.15, -0.1) is 0 Å². The Morgan fingerprint density at radius 3 is 2.81 bits per heavy atom. The zero-order valence-corrected chi connectivity index (χ0v) is 11.3. The van der Waals surface area contributed by atoms with E-state index in [9.17, 15) is 4.79 Å². The first-order chi connectivity index (χ1) is 10.2. The van der Waals surface area contributed by atoms with Crippen molar-refractivity contribution in [3.05, 3.63) is 65.2 Å². The molecule has 1 N–H and O–H groups in total. The molecule has 1 heterocycles. The van der Waals surface area contributed by atoms with Crippen LogP contribution in [0.25, 0.3) is 6.08 Å². The van der Waals surface area contributed by atoms with Gasteiger partial charge in [-0.2, -0.15) is 0 Å². The van der Waals surface area contributed by atoms with E-state index < -0.39 is 5.97 Å². The molecule has 4 nitrogen and oxygen atoms in total. The summed E-state index contributed by atoms with van der Waals surface area (Å²) in [5.41, 5.74) is 3.06. The average molecular weight is 282 g/mol. The SMILES string of the molecule is O=C(O)/C=C/c1ccccc1Cc1ccc2c(c1)OCO2. The van der Waals surface area contributed by atoms with E-state index in [1.165, 1.54) is 0 Å². The summed E-state index contributed by atoms with van der Waals surface area (Å²) >= 11 is 0. The molecule has 0 aromatic heterocycles. The third kappa shape index (κ3) is 3.05. The molecule has 1 aliphatic rings. The normalized spacial score (nSPS) is 12.8. The number of benzene rings is 2. The lowest BCUT2D eigenvalue weighted by Gasteiger charge is -2.07. The van der Waals surface area contributed by atoms with E-state index >= 15 is 0 Å². The molecule has 0 spiro atoms. The smallest absolute Gasteiger partial charge is 0.328 e. The molecule has 106 valence electrons. The first-order valence-electron chi connectivity index (χ1n) is 6.60. The average Bonchev–Trinajstić information content (AvgIpc) is 2.94. The van der Waals surface area contributed by atoms with E-state index in [1.54, 1.807) is 6.08 Å². The molecule has 4 heteroatoms. The van der Waals surface area contributed by atoms with Gasteiger partial charge in [-0.1, -0.05) is 30.3 Å². The minimum atomic E-state index is -0.951. The van der Waals surface area contributed by atoms with Gasteiger partial charge in [-0.25, -0.2) is 4.79 Å². The Morgan fingerprint density at radius 1 is 1.14 bits per heavy atom. The van der Waals surface area contributed by atoms with Crippen molar-refractivity contribution in [3.8, 4) is 11.5 Å². The summed E-state index contributed by atoms with van der Waals surface area (Å²) in [6, 6.07) is 13.6. The second-order valence-electron chi connectivity index (χ2n) is 4.73. The maximum atomic E-state index is 10.7. The fourth-order valence-electron chi connectivity index (χ4n) is 2.29. The zero-order chi connectivity index (χ0) is 14.7. The summed E-state index contributed by atoms with van der Waals surface area (Å²) in [5, 5.41) is 8.74. The molecule has 0 atom stereocenters. The highest BCUT2D eigenvalue weighted by Crippen LogP contribution is 2.33. The number of rotatable bonds is 4. The summed E-state index contributed by atoms with van der Waals surface area (Å²) in [6.45, 7) is 0.261. The van der Waals surface area contributed by atoms with Crippen LogP contribution >= 0.6 is 0 Å². The van der Waals surface area contributed by atoms with Crippen molar-refractivity contribution in [2.24, 2.45) is 0 Å². The third-order valence-electron chi connectivity index (χ3n) is 3.29. The lowest BCUT2D eigenvalue weighted by atomic mass is 9.99. The topological polar surface area (TPSA) is 55.8 Å². The molecular weight excluding hydrogens is 268 g/mol. The first-order valence-corrected chi connectivity index (χ1v) is 6.60. The summed E-state index contributed by atoms with van der Waals surface area (Å²) in [7, 11) is 0. The van der Waals surface area contributed by atoms with Crippen LogP contribution in [0.1, 0.15) is 16.7 Å². The number of aliphatic carboxylic acids is 1. The highest BCUT2D eigenvalue weighted by atomic mass is 16.7. The minimum Gasteiger partial charge on any atom is -0.478 e. The van der Waals surface area contributed by atoms with E-state index in [-0.39, 0.29) is 6.79 Å². The van der Waals surface area contributed by atoms with E-state index in [1.807, 2.05) is 42.5 Å². The third-order valence-corrected chi connectivity index (χ3v) is 3.29. The standard InChI is InChI=1S/C17H14O4/c18-17(19)8-6-13-3-1-2-4-14(13)9-12-5-7-15-16(10-12)21-11-20-15/h1-8,10H,9,11H2,(H,18,19)/b8-6+. The molecule has 0 amide bonds. The fraction of sp³-hybridized carbons (Fsp3) is 0.118. The van der Waals surface area contributed by atoms with Crippen molar-refractivity contribution >= 4 is 12.0 Å². The van der Waals surface area contributed by atoms with Crippen molar-refractivity contribution in [1.29, 1.82) is 0 Å². The Balaban J connectivity index is 1.86. The minimum absolute atomic E-state index is 0.261. The monoisotopic (exact) mass is 282 g/mol. The largest absolute Gasteiger partial charge is 0.478 e. The van der Waals surface area contributed by atoms with Crippen LogP contribution in [0.5, 0.6) is 11.5 Å². The van der Waals surface area contributed by atoms with E-state index in [4.69, 9.17) is 14.6 Å². The number of carboxylic acid groups (broad SMARTS) is 1. The number of carbonyl (C=O) groups is 1. The molecule has 0 radical (unpaired) electrons. The van der Waals surface area contributed by atoms with Gasteiger partial charge in [-0.05, 0) is 41.3 Å². The summed E-state index contributed by atoms with van der Waals surface area (Å²) < 4.78 is 10.7. The summed E-state index contributed by atoms with van der Waals surface area (Å²) in [6.07, 6.45) is 3.47. The Kier molecular flexibility index (Phi) is 3.60. The second kappa shape index (κ2) is 5.71. The van der Waals surface area contributed by atoms with Gasteiger partial charge in [0.2, 0.25) is 6.79 Å². The van der Waals surface area contributed by atoms with Crippen LogP contribution in [0.3, 0.4) is 0 Å². The van der Waals surface area contributed by atoms with Crippen molar-refractivity contribution in [3.63, 3.8) is 0 Å². The Morgan fingerprint density at radius 2 is 1.95 bits per heavy atom. The molecule has 2 aromatic rings. The maximum absolute atomic E-state index is 10.7. The number of ether oxygens (including phenoxy) is 2. The van der Waals surface area contributed by atoms with Crippen molar-refractivity contribution < 1.29 is 19.4 Å². The van der Waals surface area contributed by atoms with Crippen LogP contribution < -0.4 is 9.47 Å². The lowest BCUT2D eigenvalue weighted by Crippen LogP contribution is -1.93. The van der Waals surface area contributed by atoms with Gasteiger partial charge in [0.25, 0.3) is 0 Å². The highest BCUT2D eigenvalue weighted by molar-refractivity contribution is 5.85. The van der Waals surface area contributed by atoms with Crippen molar-refractivity contribution in [1.82, 2.24) is 0 Å². The molecule has 0 fully saturated rings. The summed E-state index contributed by atoms with van der Waals surface area (Å²) in [4.78, 5) is 10.7. The molecule has 0 saturated heterocycles. The number of fused-ring (bicyclic) bond motifs is 1. The zero-order valence-electron chi connectivity index (χ0n) is 11.3. The van der Waals surface area contributed by atoms with Crippen molar-refractivity contribution in [2.45, 2.75) is 6.42 Å². The maximum Gasteiger partial charge on any atom is 0.328 e. The molecule has 0 bridgehead atoms. The van der Waals surface area contributed by atoms with Gasteiger partial charge in [0.05, 0.1) is 0 Å². The van der Waals surface area contributed by atoms with E-state index in [0.717, 1.165) is 34.3 Å². The number of hydrogen-bond donors (Lipinski definition) is 1. The highest BCUT2D eigenvalue weighted by Gasteiger charge is 2.13. The molecule has 2 aromatic carbocycles. The first kappa shape index (κ1) is 13.2. The van der Waals surface area contributed by atoms with Crippen LogP contribution in [0.2, 0.25) is 0 Å². The molecule has 0 unspecified atom stereocenters. The number of hydrogen-bond acceptors (Lipinski definition) is 3. The van der Waals surface area contributed by atoms with Crippen LogP contribution in [0, 0.1) is 0 Å². The molecule has 21 heavy (non-hydrogen) atoms. The van der Waals surface area contributed by atoms with Gasteiger partial charge >= 0.3 is 5.97 Å². The second-order valence-corrected chi connectivity index (χ2v) is 4.73. The van der Waals surface area contributed by atoms with Gasteiger partial charge in [-0.3, -0.25) is 0 Å². The molecule has 0 aliphatic carbocycles. The predicted octanol–water partition coefficient (Wildman–Crippen LogP) is 3.10. The van der Waals surface area contributed by atoms with E-state index in [2.05, 4.69) is 0 Å². The fourth-order valence-corrected chi connectivity index (χ4v) is 2.29.